The Labute approximate surface area is 126 Å². The lowest BCUT2D eigenvalue weighted by molar-refractivity contribution is 1.25. The summed E-state index contributed by atoms with van der Waals surface area (Å²) in [6.07, 6.45) is 0. The second-order valence-corrected chi connectivity index (χ2v) is 6.63. The van der Waals surface area contributed by atoms with Crippen molar-refractivity contribution >= 4 is 39.3 Å². The zero-order chi connectivity index (χ0) is 13.1. The van der Waals surface area contributed by atoms with Crippen molar-refractivity contribution in [2.75, 3.05) is 0 Å². The number of benzene rings is 2. The number of hydrogen-bond donors (Lipinski definition) is 0. The molecule has 0 aromatic heterocycles. The molecule has 2 aromatic carbocycles. The Bertz CT molecular complexity index is 515. The van der Waals surface area contributed by atoms with Gasteiger partial charge >= 0.3 is 0 Å². The van der Waals surface area contributed by atoms with Gasteiger partial charge in [0.05, 0.1) is 0 Å². The quantitative estimate of drug-likeness (QED) is 0.616. The summed E-state index contributed by atoms with van der Waals surface area (Å²) in [5.41, 5.74) is 3.80. The number of aryl methyl sites for hydroxylation is 2. The van der Waals surface area contributed by atoms with Crippen LogP contribution in [0.4, 0.5) is 0 Å². The molecule has 0 aliphatic heterocycles. The smallest absolute Gasteiger partial charge is 0.0457 e. The van der Waals surface area contributed by atoms with Gasteiger partial charge in [-0.3, -0.25) is 0 Å². The average Bonchev–Trinajstić information content (AvgIpc) is 2.30. The van der Waals surface area contributed by atoms with Crippen molar-refractivity contribution in [2.45, 2.75) is 24.5 Å². The van der Waals surface area contributed by atoms with E-state index < -0.39 is 0 Å². The van der Waals surface area contributed by atoms with Gasteiger partial charge in [-0.05, 0) is 43.2 Å². The van der Waals surface area contributed by atoms with Crippen molar-refractivity contribution in [3.8, 4) is 0 Å². The molecular formula is C15H14BrClS. The van der Waals surface area contributed by atoms with Crippen LogP contribution in [0.3, 0.4) is 0 Å². The fourth-order valence-corrected chi connectivity index (χ4v) is 3.59. The number of thioether (sulfide) groups is 1. The Balaban J connectivity index is 2.11. The summed E-state index contributed by atoms with van der Waals surface area (Å²) in [6, 6.07) is 12.6. The lowest BCUT2D eigenvalue weighted by Gasteiger charge is -2.08. The lowest BCUT2D eigenvalue weighted by atomic mass is 10.2. The van der Waals surface area contributed by atoms with Gasteiger partial charge in [0.15, 0.2) is 0 Å². The van der Waals surface area contributed by atoms with Gasteiger partial charge in [-0.25, -0.2) is 0 Å². The monoisotopic (exact) mass is 340 g/mol. The predicted molar refractivity (Wildman–Crippen MR) is 84.6 cm³/mol. The molecule has 0 nitrogen and oxygen atoms in total. The highest BCUT2D eigenvalue weighted by Crippen LogP contribution is 2.30. The van der Waals surface area contributed by atoms with Gasteiger partial charge in [-0.15, -0.1) is 11.8 Å². The van der Waals surface area contributed by atoms with Gasteiger partial charge in [-0.2, -0.15) is 0 Å². The highest BCUT2D eigenvalue weighted by molar-refractivity contribution is 9.10. The third-order valence-electron chi connectivity index (χ3n) is 2.73. The summed E-state index contributed by atoms with van der Waals surface area (Å²) in [5, 5.41) is 0.821. The first-order valence-corrected chi connectivity index (χ1v) is 7.86. The van der Waals surface area contributed by atoms with Crippen LogP contribution in [-0.4, -0.2) is 0 Å². The van der Waals surface area contributed by atoms with E-state index in [2.05, 4.69) is 54.0 Å². The maximum Gasteiger partial charge on any atom is 0.0457 e. The van der Waals surface area contributed by atoms with E-state index >= 15 is 0 Å². The van der Waals surface area contributed by atoms with Gasteiger partial charge in [0.1, 0.15) is 0 Å². The third-order valence-corrected chi connectivity index (χ3v) is 4.80. The van der Waals surface area contributed by atoms with Crippen molar-refractivity contribution < 1.29 is 0 Å². The van der Waals surface area contributed by atoms with Crippen LogP contribution in [0.15, 0.2) is 45.8 Å². The Morgan fingerprint density at radius 3 is 2.56 bits per heavy atom. The molecule has 94 valence electrons. The second-order valence-electron chi connectivity index (χ2n) is 4.29. The molecule has 3 heteroatoms. The molecule has 0 radical (unpaired) electrons. The van der Waals surface area contributed by atoms with Crippen LogP contribution in [0, 0.1) is 13.8 Å². The van der Waals surface area contributed by atoms with E-state index in [9.17, 15) is 0 Å². The van der Waals surface area contributed by atoms with E-state index in [1.54, 1.807) is 0 Å². The normalized spacial score (nSPS) is 10.7. The van der Waals surface area contributed by atoms with E-state index in [0.29, 0.717) is 0 Å². The Hall–Kier alpha value is -0.440. The van der Waals surface area contributed by atoms with Crippen LogP contribution in [0.25, 0.3) is 0 Å². The summed E-state index contributed by atoms with van der Waals surface area (Å²) in [5.74, 6) is 0.899. The van der Waals surface area contributed by atoms with Crippen molar-refractivity contribution in [1.82, 2.24) is 0 Å². The molecule has 0 saturated carbocycles. The zero-order valence-electron chi connectivity index (χ0n) is 10.3. The molecule has 0 bridgehead atoms. The van der Waals surface area contributed by atoms with E-state index in [1.165, 1.54) is 21.6 Å². The molecule has 18 heavy (non-hydrogen) atoms. The van der Waals surface area contributed by atoms with Crippen molar-refractivity contribution in [3.05, 3.63) is 62.6 Å². The molecule has 2 aromatic rings. The van der Waals surface area contributed by atoms with Crippen LogP contribution < -0.4 is 0 Å². The van der Waals surface area contributed by atoms with Crippen molar-refractivity contribution in [3.63, 3.8) is 0 Å². The Morgan fingerprint density at radius 1 is 1.11 bits per heavy atom. The zero-order valence-corrected chi connectivity index (χ0v) is 13.5. The summed E-state index contributed by atoms with van der Waals surface area (Å²) in [7, 11) is 0. The highest BCUT2D eigenvalue weighted by atomic mass is 79.9. The maximum atomic E-state index is 6.22. The van der Waals surface area contributed by atoms with Gasteiger partial charge in [0, 0.05) is 20.1 Å². The van der Waals surface area contributed by atoms with Gasteiger partial charge < -0.3 is 0 Å². The first kappa shape index (κ1) is 14.0. The fourth-order valence-electron chi connectivity index (χ4n) is 1.76. The Kier molecular flexibility index (Phi) is 4.77. The standard InChI is InChI=1S/C15H14BrClS/c1-10-3-6-15(11(2)7-10)18-9-12-4-5-13(16)8-14(12)17/h3-8H,9H2,1-2H3. The maximum absolute atomic E-state index is 6.22. The molecule has 0 atom stereocenters. The van der Waals surface area contributed by atoms with Crippen molar-refractivity contribution in [2.24, 2.45) is 0 Å². The van der Waals surface area contributed by atoms with E-state index in [1.807, 2.05) is 23.9 Å². The largest absolute Gasteiger partial charge is 0.121 e. The van der Waals surface area contributed by atoms with Gasteiger partial charge in [0.2, 0.25) is 0 Å². The molecule has 0 N–H and O–H groups in total. The van der Waals surface area contributed by atoms with E-state index in [0.717, 1.165) is 15.2 Å². The molecule has 0 amide bonds. The number of rotatable bonds is 3. The fraction of sp³-hybridized carbons (Fsp3) is 0.200. The van der Waals surface area contributed by atoms with Crippen molar-refractivity contribution in [1.29, 1.82) is 0 Å². The summed E-state index contributed by atoms with van der Waals surface area (Å²) in [4.78, 5) is 1.32. The summed E-state index contributed by atoms with van der Waals surface area (Å²) in [6.45, 7) is 4.27. The Morgan fingerprint density at radius 2 is 1.89 bits per heavy atom. The number of hydrogen-bond acceptors (Lipinski definition) is 1. The number of halogens is 2. The molecule has 0 saturated heterocycles. The topological polar surface area (TPSA) is 0 Å². The van der Waals surface area contributed by atoms with Gasteiger partial charge in [0.25, 0.3) is 0 Å². The van der Waals surface area contributed by atoms with Crippen LogP contribution >= 0.6 is 39.3 Å². The summed E-state index contributed by atoms with van der Waals surface area (Å²) < 4.78 is 1.02. The van der Waals surface area contributed by atoms with Crippen LogP contribution in [0.2, 0.25) is 5.02 Å². The minimum absolute atomic E-state index is 0.821. The first-order chi connectivity index (χ1) is 8.56. The molecule has 0 spiro atoms. The van der Waals surface area contributed by atoms with Gasteiger partial charge in [-0.1, -0.05) is 51.3 Å². The molecule has 0 unspecified atom stereocenters. The minimum atomic E-state index is 0.821. The predicted octanol–water partition coefficient (Wildman–Crippen LogP) is 6.01. The van der Waals surface area contributed by atoms with E-state index in [-0.39, 0.29) is 0 Å². The molecule has 0 aliphatic rings. The third kappa shape index (κ3) is 3.53. The van der Waals surface area contributed by atoms with Crippen LogP contribution in [0.1, 0.15) is 16.7 Å². The summed E-state index contributed by atoms with van der Waals surface area (Å²) >= 11 is 11.5. The average molecular weight is 342 g/mol. The van der Waals surface area contributed by atoms with Crippen LogP contribution in [0.5, 0.6) is 0 Å². The second kappa shape index (κ2) is 6.14. The lowest BCUT2D eigenvalue weighted by Crippen LogP contribution is -1.86. The first-order valence-electron chi connectivity index (χ1n) is 5.70. The molecule has 0 fully saturated rings. The highest BCUT2D eigenvalue weighted by Gasteiger charge is 2.04. The molecule has 0 heterocycles. The molecular weight excluding hydrogens is 328 g/mol. The minimum Gasteiger partial charge on any atom is -0.121 e. The SMILES string of the molecule is Cc1ccc(SCc2ccc(Br)cc2Cl)c(C)c1. The van der Waals surface area contributed by atoms with Crippen LogP contribution in [-0.2, 0) is 5.75 Å². The molecule has 0 aliphatic carbocycles. The van der Waals surface area contributed by atoms with E-state index in [4.69, 9.17) is 11.6 Å². The molecule has 2 rings (SSSR count).